The van der Waals surface area contributed by atoms with Gasteiger partial charge in [0.25, 0.3) is 0 Å². The molecule has 0 radical (unpaired) electrons. The molecule has 0 N–H and O–H groups in total. The summed E-state index contributed by atoms with van der Waals surface area (Å²) in [5, 5.41) is -0.263. The van der Waals surface area contributed by atoms with Crippen molar-refractivity contribution in [1.82, 2.24) is 9.97 Å². The summed E-state index contributed by atoms with van der Waals surface area (Å²) in [5.41, 5.74) is 3.15. The summed E-state index contributed by atoms with van der Waals surface area (Å²) >= 11 is 0. The number of carbonyl (C=O) groups excluding carboxylic acids is 2. The number of rotatable bonds is 13. The molecule has 1 aliphatic heterocycles. The van der Waals surface area contributed by atoms with E-state index in [0.29, 0.717) is 42.9 Å². The van der Waals surface area contributed by atoms with Crippen LogP contribution in [0.5, 0.6) is 0 Å². The molecule has 9 heteroatoms. The number of benzene rings is 1. The molecule has 0 amide bonds. The molecule has 1 unspecified atom stereocenters. The van der Waals surface area contributed by atoms with Crippen molar-refractivity contribution in [3.05, 3.63) is 53.1 Å². The second kappa shape index (κ2) is 12.4. The zero-order valence-electron chi connectivity index (χ0n) is 23.6. The third kappa shape index (κ3) is 7.12. The molecule has 0 bridgehead atoms. The largest absolute Gasteiger partial charge is 0.353 e. The Morgan fingerprint density at radius 3 is 2.49 bits per heavy atom. The van der Waals surface area contributed by atoms with Crippen LogP contribution in [0.2, 0.25) is 0 Å². The predicted octanol–water partition coefficient (Wildman–Crippen LogP) is 5.03. The lowest BCUT2D eigenvalue weighted by Crippen LogP contribution is -2.23. The number of Topliss-reactive ketones (excluding diaryl/α,β-unsaturated/α-hetero) is 2. The molecule has 4 fully saturated rings. The highest BCUT2D eigenvalue weighted by Crippen LogP contribution is 2.47. The van der Waals surface area contributed by atoms with Gasteiger partial charge in [-0.05, 0) is 86.8 Å². The molecule has 2 aromatic rings. The molecular formula is C32H40N2O6S. The van der Waals surface area contributed by atoms with Crippen LogP contribution in [-0.2, 0) is 41.7 Å². The van der Waals surface area contributed by atoms with Crippen molar-refractivity contribution < 1.29 is 27.5 Å². The first-order valence-corrected chi connectivity index (χ1v) is 16.9. The molecule has 3 aliphatic carbocycles. The van der Waals surface area contributed by atoms with Gasteiger partial charge in [-0.3, -0.25) is 19.6 Å². The average Bonchev–Trinajstić information content (AvgIpc) is 3.91. The molecular weight excluding hydrogens is 540 g/mol. The van der Waals surface area contributed by atoms with Crippen LogP contribution >= 0.6 is 0 Å². The minimum absolute atomic E-state index is 0.0312. The smallest absolute Gasteiger partial charge is 0.181 e. The first kappa shape index (κ1) is 28.6. The molecule has 0 spiro atoms. The molecule has 3 atom stereocenters. The third-order valence-electron chi connectivity index (χ3n) is 8.94. The van der Waals surface area contributed by atoms with Gasteiger partial charge in [0.15, 0.2) is 16.1 Å². The van der Waals surface area contributed by atoms with Crippen molar-refractivity contribution in [2.75, 3.05) is 13.2 Å². The fourth-order valence-electron chi connectivity index (χ4n) is 6.23. The van der Waals surface area contributed by atoms with Crippen LogP contribution in [0, 0.1) is 5.92 Å². The van der Waals surface area contributed by atoms with E-state index in [0.717, 1.165) is 74.8 Å². The van der Waals surface area contributed by atoms with Crippen LogP contribution < -0.4 is 0 Å². The Hall–Kier alpha value is -2.49. The third-order valence-corrected chi connectivity index (χ3v) is 11.3. The van der Waals surface area contributed by atoms with E-state index in [1.54, 1.807) is 18.5 Å². The summed E-state index contributed by atoms with van der Waals surface area (Å²) in [4.78, 5) is 35.3. The first-order chi connectivity index (χ1) is 19.9. The van der Waals surface area contributed by atoms with Crippen LogP contribution in [0.15, 0.2) is 35.5 Å². The second-order valence-electron chi connectivity index (χ2n) is 12.3. The van der Waals surface area contributed by atoms with Crippen LogP contribution in [0.4, 0.5) is 0 Å². The van der Waals surface area contributed by atoms with Gasteiger partial charge >= 0.3 is 0 Å². The molecule has 3 saturated carbocycles. The van der Waals surface area contributed by atoms with Crippen LogP contribution in [0.25, 0.3) is 0 Å². The molecule has 1 saturated heterocycles. The SMILES string of the molecule is O=C1CC[C@H](C[C@@H](C(=O)Cc2cnc(CCOC3CCCCO3)cn2)c2ccc(S(=O)(=O)C3CC3)c(C3CC3)c2)C1. The maximum atomic E-state index is 13.8. The Labute approximate surface area is 242 Å². The topological polar surface area (TPSA) is 113 Å². The molecule has 220 valence electrons. The van der Waals surface area contributed by atoms with Gasteiger partial charge in [0, 0.05) is 44.2 Å². The van der Waals surface area contributed by atoms with E-state index in [1.807, 2.05) is 12.1 Å². The van der Waals surface area contributed by atoms with Gasteiger partial charge in [-0.15, -0.1) is 0 Å². The molecule has 41 heavy (non-hydrogen) atoms. The Kier molecular flexibility index (Phi) is 8.65. The highest BCUT2D eigenvalue weighted by atomic mass is 32.2. The average molecular weight is 581 g/mol. The molecule has 6 rings (SSSR count). The predicted molar refractivity (Wildman–Crippen MR) is 152 cm³/mol. The quantitative estimate of drug-likeness (QED) is 0.324. The lowest BCUT2D eigenvalue weighted by atomic mass is 9.83. The number of ketones is 2. The van der Waals surface area contributed by atoms with Crippen molar-refractivity contribution in [3.8, 4) is 0 Å². The minimum Gasteiger partial charge on any atom is -0.353 e. The number of aromatic nitrogens is 2. The van der Waals surface area contributed by atoms with Crippen LogP contribution in [-0.4, -0.2) is 54.7 Å². The number of hydrogen-bond donors (Lipinski definition) is 0. The fourth-order valence-corrected chi connectivity index (χ4v) is 8.16. The van der Waals surface area contributed by atoms with Crippen molar-refractivity contribution in [2.24, 2.45) is 5.92 Å². The Bertz CT molecular complexity index is 1360. The second-order valence-corrected chi connectivity index (χ2v) is 14.5. The molecule has 1 aromatic heterocycles. The molecule has 4 aliphatic rings. The summed E-state index contributed by atoms with van der Waals surface area (Å²) in [6, 6.07) is 5.56. The number of nitrogens with zero attached hydrogens (tertiary/aromatic N) is 2. The van der Waals surface area contributed by atoms with Crippen molar-refractivity contribution >= 4 is 21.4 Å². The van der Waals surface area contributed by atoms with Gasteiger partial charge in [-0.1, -0.05) is 12.1 Å². The van der Waals surface area contributed by atoms with E-state index in [2.05, 4.69) is 9.97 Å². The molecule has 8 nitrogen and oxygen atoms in total. The maximum Gasteiger partial charge on any atom is 0.181 e. The molecule has 1 aromatic carbocycles. The monoisotopic (exact) mass is 580 g/mol. The zero-order chi connectivity index (χ0) is 28.4. The normalized spacial score (nSPS) is 24.0. The number of sulfone groups is 1. The van der Waals surface area contributed by atoms with Gasteiger partial charge < -0.3 is 9.47 Å². The van der Waals surface area contributed by atoms with E-state index >= 15 is 0 Å². The summed E-state index contributed by atoms with van der Waals surface area (Å²) < 4.78 is 37.7. The van der Waals surface area contributed by atoms with Gasteiger partial charge in [-0.25, -0.2) is 8.42 Å². The zero-order valence-corrected chi connectivity index (χ0v) is 24.4. The fraction of sp³-hybridized carbons (Fsp3) is 0.625. The number of hydrogen-bond acceptors (Lipinski definition) is 8. The summed E-state index contributed by atoms with van der Waals surface area (Å²) in [5.74, 6) is 0.285. The standard InChI is InChI=1S/C32H40N2O6S/c35-26-8-4-21(15-26)16-28(23-7-11-31(29(17-23)22-5-6-22)41(37,38)27-9-10-27)30(36)18-25-20-33-24(19-34-25)12-14-40-32-3-1-2-13-39-32/h7,11,17,19-22,27-28,32H,1-6,8-10,12-16,18H2/t21-,28+,32?/m0/s1. The van der Waals surface area contributed by atoms with Crippen LogP contribution in [0.3, 0.4) is 0 Å². The van der Waals surface area contributed by atoms with Gasteiger partial charge in [0.05, 0.1) is 34.6 Å². The van der Waals surface area contributed by atoms with E-state index in [9.17, 15) is 18.0 Å². The lowest BCUT2D eigenvalue weighted by Gasteiger charge is -2.22. The number of carbonyl (C=O) groups is 2. The lowest BCUT2D eigenvalue weighted by molar-refractivity contribution is -0.161. The van der Waals surface area contributed by atoms with E-state index in [4.69, 9.17) is 9.47 Å². The van der Waals surface area contributed by atoms with Crippen LogP contribution in [0.1, 0.15) is 105 Å². The highest BCUT2D eigenvalue weighted by Gasteiger charge is 2.41. The maximum absolute atomic E-state index is 13.8. The summed E-state index contributed by atoms with van der Waals surface area (Å²) in [6.07, 6.45) is 13.0. The molecule has 2 heterocycles. The highest BCUT2D eigenvalue weighted by molar-refractivity contribution is 7.92. The van der Waals surface area contributed by atoms with E-state index in [1.165, 1.54) is 0 Å². The van der Waals surface area contributed by atoms with E-state index in [-0.39, 0.29) is 41.4 Å². The first-order valence-electron chi connectivity index (χ1n) is 15.3. The Morgan fingerprint density at radius 2 is 1.83 bits per heavy atom. The van der Waals surface area contributed by atoms with Crippen molar-refractivity contribution in [1.29, 1.82) is 0 Å². The van der Waals surface area contributed by atoms with Crippen molar-refractivity contribution in [2.45, 2.75) is 112 Å². The van der Waals surface area contributed by atoms with Gasteiger partial charge in [-0.2, -0.15) is 0 Å². The van der Waals surface area contributed by atoms with Gasteiger partial charge in [0.1, 0.15) is 11.6 Å². The van der Waals surface area contributed by atoms with Crippen molar-refractivity contribution in [3.63, 3.8) is 0 Å². The minimum atomic E-state index is -3.32. The van der Waals surface area contributed by atoms with Gasteiger partial charge in [0.2, 0.25) is 0 Å². The number of ether oxygens (including phenoxy) is 2. The summed E-state index contributed by atoms with van der Waals surface area (Å²) in [7, 11) is -3.32. The Balaban J connectivity index is 1.16. The van der Waals surface area contributed by atoms with E-state index < -0.39 is 15.8 Å². The summed E-state index contributed by atoms with van der Waals surface area (Å²) in [6.45, 7) is 1.26. The Morgan fingerprint density at radius 1 is 1.02 bits per heavy atom.